The standard InChI is InChI=1S/C13H17NO2S/c1-9-5-3-4-6-11(9)13-14(7-10(2)15)12(16)8-17-13/h3-6,10,13,15H,7-8H2,1-2H3/t10-,13-/m1/s1. The number of hydrogen-bond acceptors (Lipinski definition) is 3. The van der Waals surface area contributed by atoms with Crippen LogP contribution >= 0.6 is 11.8 Å². The molecule has 0 bridgehead atoms. The molecule has 1 aromatic rings. The van der Waals surface area contributed by atoms with Gasteiger partial charge in [-0.25, -0.2) is 0 Å². The highest BCUT2D eigenvalue weighted by Crippen LogP contribution is 2.39. The van der Waals surface area contributed by atoms with Gasteiger partial charge < -0.3 is 10.0 Å². The fraction of sp³-hybridized carbons (Fsp3) is 0.462. The second-order valence-electron chi connectivity index (χ2n) is 4.42. The number of carbonyl (C=O) groups excluding carboxylic acids is 1. The minimum absolute atomic E-state index is 0.0540. The Morgan fingerprint density at radius 1 is 1.53 bits per heavy atom. The molecule has 92 valence electrons. The quantitative estimate of drug-likeness (QED) is 0.892. The van der Waals surface area contributed by atoms with Crippen molar-refractivity contribution in [1.29, 1.82) is 0 Å². The molecule has 1 amide bonds. The maximum Gasteiger partial charge on any atom is 0.233 e. The van der Waals surface area contributed by atoms with Gasteiger partial charge in [0, 0.05) is 6.54 Å². The van der Waals surface area contributed by atoms with Gasteiger partial charge in [-0.3, -0.25) is 4.79 Å². The van der Waals surface area contributed by atoms with Crippen LogP contribution in [0.1, 0.15) is 23.4 Å². The third-order valence-corrected chi connectivity index (χ3v) is 4.12. The minimum Gasteiger partial charge on any atom is -0.392 e. The highest BCUT2D eigenvalue weighted by molar-refractivity contribution is 8.00. The highest BCUT2D eigenvalue weighted by Gasteiger charge is 2.33. The van der Waals surface area contributed by atoms with Gasteiger partial charge in [0.1, 0.15) is 5.37 Å². The number of amides is 1. The van der Waals surface area contributed by atoms with Gasteiger partial charge in [-0.2, -0.15) is 0 Å². The molecular formula is C13H17NO2S. The number of thioether (sulfide) groups is 1. The van der Waals surface area contributed by atoms with Crippen LogP contribution in [0.5, 0.6) is 0 Å². The molecule has 2 rings (SSSR count). The molecule has 3 nitrogen and oxygen atoms in total. The molecule has 1 aliphatic rings. The lowest BCUT2D eigenvalue weighted by molar-refractivity contribution is -0.129. The summed E-state index contributed by atoms with van der Waals surface area (Å²) >= 11 is 1.63. The lowest BCUT2D eigenvalue weighted by Gasteiger charge is -2.26. The van der Waals surface area contributed by atoms with Gasteiger partial charge in [0.25, 0.3) is 0 Å². The maximum absolute atomic E-state index is 11.8. The van der Waals surface area contributed by atoms with Crippen molar-refractivity contribution in [3.63, 3.8) is 0 Å². The second-order valence-corrected chi connectivity index (χ2v) is 5.48. The second kappa shape index (κ2) is 5.10. The average molecular weight is 251 g/mol. The molecule has 1 aromatic carbocycles. The number of rotatable bonds is 3. The molecular weight excluding hydrogens is 234 g/mol. The van der Waals surface area contributed by atoms with E-state index in [1.807, 2.05) is 12.1 Å². The summed E-state index contributed by atoms with van der Waals surface area (Å²) in [5, 5.41) is 9.52. The molecule has 4 heteroatoms. The van der Waals surface area contributed by atoms with Gasteiger partial charge in [0.2, 0.25) is 5.91 Å². The van der Waals surface area contributed by atoms with E-state index in [0.29, 0.717) is 12.3 Å². The van der Waals surface area contributed by atoms with E-state index in [4.69, 9.17) is 0 Å². The Labute approximate surface area is 106 Å². The number of aryl methyl sites for hydroxylation is 1. The Balaban J connectivity index is 2.25. The van der Waals surface area contributed by atoms with Crippen molar-refractivity contribution in [2.75, 3.05) is 12.3 Å². The predicted molar refractivity (Wildman–Crippen MR) is 69.8 cm³/mol. The Hall–Kier alpha value is -1.00. The van der Waals surface area contributed by atoms with Crippen LogP contribution in [0.3, 0.4) is 0 Å². The van der Waals surface area contributed by atoms with Gasteiger partial charge in [-0.05, 0) is 25.0 Å². The van der Waals surface area contributed by atoms with Crippen molar-refractivity contribution in [2.45, 2.75) is 25.3 Å². The summed E-state index contributed by atoms with van der Waals surface area (Å²) in [7, 11) is 0. The van der Waals surface area contributed by atoms with Crippen molar-refractivity contribution < 1.29 is 9.90 Å². The molecule has 1 heterocycles. The van der Waals surface area contributed by atoms with Gasteiger partial charge >= 0.3 is 0 Å². The maximum atomic E-state index is 11.8. The summed E-state index contributed by atoms with van der Waals surface area (Å²) in [6.45, 7) is 4.18. The topological polar surface area (TPSA) is 40.5 Å². The van der Waals surface area contributed by atoms with Crippen molar-refractivity contribution in [3.8, 4) is 0 Å². The molecule has 0 radical (unpaired) electrons. The Morgan fingerprint density at radius 3 is 2.88 bits per heavy atom. The number of benzene rings is 1. The smallest absolute Gasteiger partial charge is 0.233 e. The van der Waals surface area contributed by atoms with E-state index in [1.165, 1.54) is 11.1 Å². The molecule has 1 saturated heterocycles. The van der Waals surface area contributed by atoms with Crippen LogP contribution in [0.25, 0.3) is 0 Å². The van der Waals surface area contributed by atoms with Crippen molar-refractivity contribution in [3.05, 3.63) is 35.4 Å². The van der Waals surface area contributed by atoms with E-state index in [-0.39, 0.29) is 11.3 Å². The van der Waals surface area contributed by atoms with Crippen molar-refractivity contribution in [1.82, 2.24) is 4.90 Å². The molecule has 0 spiro atoms. The Kier molecular flexibility index (Phi) is 3.74. The Bertz CT molecular complexity index is 420. The number of carbonyl (C=O) groups is 1. The van der Waals surface area contributed by atoms with Crippen LogP contribution in [0.2, 0.25) is 0 Å². The Morgan fingerprint density at radius 2 is 2.24 bits per heavy atom. The summed E-state index contributed by atoms with van der Waals surface area (Å²) in [6.07, 6.45) is -0.482. The van der Waals surface area contributed by atoms with E-state index in [1.54, 1.807) is 23.6 Å². The molecule has 17 heavy (non-hydrogen) atoms. The van der Waals surface area contributed by atoms with Gasteiger partial charge in [-0.1, -0.05) is 24.3 Å². The highest BCUT2D eigenvalue weighted by atomic mass is 32.2. The van der Waals surface area contributed by atoms with E-state index in [2.05, 4.69) is 19.1 Å². The van der Waals surface area contributed by atoms with Gasteiger partial charge in [0.05, 0.1) is 11.9 Å². The third kappa shape index (κ3) is 2.64. The third-order valence-electron chi connectivity index (χ3n) is 2.88. The number of aliphatic hydroxyl groups excluding tert-OH is 1. The molecule has 2 atom stereocenters. The zero-order valence-corrected chi connectivity index (χ0v) is 10.9. The lowest BCUT2D eigenvalue weighted by atomic mass is 10.1. The van der Waals surface area contributed by atoms with Crippen LogP contribution < -0.4 is 0 Å². The predicted octanol–water partition coefficient (Wildman–Crippen LogP) is 1.95. The summed E-state index contributed by atoms with van der Waals surface area (Å²) in [4.78, 5) is 13.6. The molecule has 0 saturated carbocycles. The summed E-state index contributed by atoms with van der Waals surface area (Å²) < 4.78 is 0. The van der Waals surface area contributed by atoms with Crippen molar-refractivity contribution in [2.24, 2.45) is 0 Å². The number of nitrogens with zero attached hydrogens (tertiary/aromatic N) is 1. The normalized spacial score (nSPS) is 21.9. The van der Waals surface area contributed by atoms with E-state index >= 15 is 0 Å². The lowest BCUT2D eigenvalue weighted by Crippen LogP contribution is -2.34. The molecule has 0 aliphatic carbocycles. The van der Waals surface area contributed by atoms with Gasteiger partial charge in [0.15, 0.2) is 0 Å². The van der Waals surface area contributed by atoms with Crippen LogP contribution in [0, 0.1) is 6.92 Å². The number of aliphatic hydroxyl groups is 1. The van der Waals surface area contributed by atoms with Crippen LogP contribution in [0.15, 0.2) is 24.3 Å². The number of β-amino-alcohol motifs (C(OH)–C–C–N with tert-alkyl or cyclic N) is 1. The first-order valence-corrected chi connectivity index (χ1v) is 6.79. The average Bonchev–Trinajstić information content (AvgIpc) is 2.61. The van der Waals surface area contributed by atoms with Gasteiger partial charge in [-0.15, -0.1) is 11.8 Å². The molecule has 0 unspecified atom stereocenters. The summed E-state index contributed by atoms with van der Waals surface area (Å²) in [6, 6.07) is 8.10. The zero-order valence-electron chi connectivity index (χ0n) is 10.1. The number of hydrogen-bond donors (Lipinski definition) is 1. The van der Waals surface area contributed by atoms with E-state index in [0.717, 1.165) is 0 Å². The fourth-order valence-corrected chi connectivity index (χ4v) is 3.35. The van der Waals surface area contributed by atoms with Crippen LogP contribution in [-0.4, -0.2) is 34.3 Å². The first-order valence-electron chi connectivity index (χ1n) is 5.74. The van der Waals surface area contributed by atoms with Crippen LogP contribution in [-0.2, 0) is 4.79 Å². The molecule has 1 fully saturated rings. The molecule has 1 N–H and O–H groups in total. The first-order chi connectivity index (χ1) is 8.09. The zero-order chi connectivity index (χ0) is 12.4. The fourth-order valence-electron chi connectivity index (χ4n) is 2.06. The largest absolute Gasteiger partial charge is 0.392 e. The first kappa shape index (κ1) is 12.5. The van der Waals surface area contributed by atoms with Crippen LogP contribution in [0.4, 0.5) is 0 Å². The minimum atomic E-state index is -0.482. The monoisotopic (exact) mass is 251 g/mol. The summed E-state index contributed by atoms with van der Waals surface area (Å²) in [5.41, 5.74) is 2.36. The molecule has 1 aliphatic heterocycles. The van der Waals surface area contributed by atoms with E-state index < -0.39 is 6.10 Å². The summed E-state index contributed by atoms with van der Waals surface area (Å²) in [5.74, 6) is 0.621. The molecule has 0 aromatic heterocycles. The van der Waals surface area contributed by atoms with E-state index in [9.17, 15) is 9.90 Å². The SMILES string of the molecule is Cc1ccccc1[C@H]1SCC(=O)N1C[C@@H](C)O. The van der Waals surface area contributed by atoms with Crippen molar-refractivity contribution >= 4 is 17.7 Å².